The first-order chi connectivity index (χ1) is 16.2. The van der Waals surface area contributed by atoms with Gasteiger partial charge in [-0.05, 0) is 59.1 Å². The van der Waals surface area contributed by atoms with Gasteiger partial charge >= 0.3 is 6.09 Å². The summed E-state index contributed by atoms with van der Waals surface area (Å²) in [5.41, 5.74) is -0.189. The molecule has 0 fully saturated rings. The van der Waals surface area contributed by atoms with E-state index in [-0.39, 0.29) is 18.1 Å². The van der Waals surface area contributed by atoms with Gasteiger partial charge in [0.25, 0.3) is 5.56 Å². The average molecular weight is 484 g/mol. The number of amides is 1. The quantitative estimate of drug-likeness (QED) is 0.454. The summed E-state index contributed by atoms with van der Waals surface area (Å²) in [5.74, 6) is 1.21. The second-order valence-corrected chi connectivity index (χ2v) is 10.9. The molecular weight excluding hydrogens is 446 g/mol. The maximum absolute atomic E-state index is 13.1. The van der Waals surface area contributed by atoms with Crippen LogP contribution < -0.4 is 15.0 Å². The molecule has 3 rings (SSSR count). The lowest BCUT2D eigenvalue weighted by Crippen LogP contribution is -2.61. The number of aromatic nitrogens is 2. The Morgan fingerprint density at radius 1 is 1.17 bits per heavy atom. The lowest BCUT2D eigenvalue weighted by Gasteiger charge is -2.47. The predicted octanol–water partition coefficient (Wildman–Crippen LogP) is 5.37. The van der Waals surface area contributed by atoms with Crippen molar-refractivity contribution >= 4 is 27.8 Å². The van der Waals surface area contributed by atoms with E-state index in [2.05, 4.69) is 18.8 Å². The molecule has 0 radical (unpaired) electrons. The van der Waals surface area contributed by atoms with E-state index in [0.717, 1.165) is 10.8 Å². The highest BCUT2D eigenvalue weighted by atomic mass is 16.5. The van der Waals surface area contributed by atoms with E-state index in [1.165, 1.54) is 4.90 Å². The zero-order valence-corrected chi connectivity index (χ0v) is 22.2. The predicted molar refractivity (Wildman–Crippen MR) is 139 cm³/mol. The van der Waals surface area contributed by atoms with Crippen LogP contribution in [0.15, 0.2) is 29.2 Å². The van der Waals surface area contributed by atoms with Crippen LogP contribution in [-0.2, 0) is 7.05 Å². The molecule has 1 amide bonds. The minimum atomic E-state index is -0.993. The highest BCUT2D eigenvalue weighted by Crippen LogP contribution is 2.37. The molecule has 1 atom stereocenters. The number of aryl methyl sites for hydroxylation is 2. The number of hydrogen-bond donors (Lipinski definition) is 1. The Bertz CT molecular complexity index is 1320. The molecule has 1 unspecified atom stereocenters. The van der Waals surface area contributed by atoms with Crippen LogP contribution in [0.1, 0.15) is 53.7 Å². The molecule has 0 aliphatic rings. The molecule has 0 aliphatic carbocycles. The third-order valence-corrected chi connectivity index (χ3v) is 6.38. The number of methoxy groups -OCH3 is 1. The second kappa shape index (κ2) is 9.40. The number of rotatable bonds is 7. The van der Waals surface area contributed by atoms with Crippen LogP contribution in [0.25, 0.3) is 21.7 Å². The van der Waals surface area contributed by atoms with Crippen LogP contribution >= 0.6 is 0 Å². The van der Waals surface area contributed by atoms with E-state index in [1.54, 1.807) is 31.0 Å². The molecule has 0 saturated heterocycles. The molecule has 2 heterocycles. The number of carboxylic acid groups (broad SMARTS) is 1. The van der Waals surface area contributed by atoms with Crippen molar-refractivity contribution in [2.75, 3.05) is 13.7 Å². The second-order valence-electron chi connectivity index (χ2n) is 10.9. The molecule has 1 N–H and O–H groups in total. The van der Waals surface area contributed by atoms with Gasteiger partial charge in [-0.1, -0.05) is 13.8 Å². The molecule has 8 heteroatoms. The van der Waals surface area contributed by atoms with Crippen LogP contribution in [0.4, 0.5) is 4.79 Å². The number of benzene rings is 1. The van der Waals surface area contributed by atoms with Crippen LogP contribution in [-0.4, -0.2) is 50.4 Å². The number of pyridine rings is 2. The number of carbonyl (C=O) groups is 1. The molecular formula is C27H37N3O5. The smallest absolute Gasteiger partial charge is 0.408 e. The SMILES string of the molecule is COc1cc2c3ccnc(C)c3c(=O)n(C)c2cc1OCC(C)(CC(C)C)N(C(=O)O)C(C)(C)C. The first-order valence-corrected chi connectivity index (χ1v) is 11.8. The van der Waals surface area contributed by atoms with Crippen molar-refractivity contribution < 1.29 is 19.4 Å². The van der Waals surface area contributed by atoms with Crippen LogP contribution in [0.3, 0.4) is 0 Å². The Labute approximate surface area is 206 Å². The Balaban J connectivity index is 2.15. The third kappa shape index (κ3) is 4.92. The van der Waals surface area contributed by atoms with E-state index < -0.39 is 17.2 Å². The zero-order chi connectivity index (χ0) is 26.3. The van der Waals surface area contributed by atoms with Crippen molar-refractivity contribution in [2.45, 2.75) is 66.0 Å². The van der Waals surface area contributed by atoms with Gasteiger partial charge in [0, 0.05) is 35.6 Å². The first kappa shape index (κ1) is 26.3. The fourth-order valence-electron chi connectivity index (χ4n) is 5.31. The van der Waals surface area contributed by atoms with Gasteiger partial charge < -0.3 is 19.1 Å². The molecule has 0 saturated carbocycles. The van der Waals surface area contributed by atoms with E-state index in [1.807, 2.05) is 46.8 Å². The first-order valence-electron chi connectivity index (χ1n) is 11.8. The van der Waals surface area contributed by atoms with Crippen molar-refractivity contribution in [3.63, 3.8) is 0 Å². The molecule has 0 bridgehead atoms. The van der Waals surface area contributed by atoms with Crippen molar-refractivity contribution in [1.82, 2.24) is 14.5 Å². The Hall–Kier alpha value is -3.29. The summed E-state index contributed by atoms with van der Waals surface area (Å²) in [6.45, 7) is 13.6. The normalized spacial score (nSPS) is 13.8. The van der Waals surface area contributed by atoms with Gasteiger partial charge in [-0.15, -0.1) is 0 Å². The lowest BCUT2D eigenvalue weighted by molar-refractivity contribution is -0.0112. The molecule has 1 aromatic carbocycles. The standard InChI is InChI=1S/C27H37N3O5/c1-16(2)14-27(7,30(25(32)33)26(4,5)6)15-35-22-13-20-19(12-21(22)34-9)18-10-11-28-17(3)23(18)24(31)29(20)8/h10-13,16H,14-15H2,1-9H3,(H,32,33). The highest BCUT2D eigenvalue weighted by molar-refractivity contribution is 6.07. The van der Waals surface area contributed by atoms with Gasteiger partial charge in [0.15, 0.2) is 11.5 Å². The van der Waals surface area contributed by atoms with Crippen molar-refractivity contribution in [3.05, 3.63) is 40.4 Å². The summed E-state index contributed by atoms with van der Waals surface area (Å²) in [6.07, 6.45) is 1.31. The molecule has 0 spiro atoms. The van der Waals surface area contributed by atoms with Gasteiger partial charge in [0.1, 0.15) is 6.61 Å². The van der Waals surface area contributed by atoms with Gasteiger partial charge in [-0.3, -0.25) is 14.7 Å². The Morgan fingerprint density at radius 3 is 2.37 bits per heavy atom. The Morgan fingerprint density at radius 2 is 1.83 bits per heavy atom. The van der Waals surface area contributed by atoms with E-state index in [4.69, 9.17) is 9.47 Å². The number of nitrogens with zero attached hydrogens (tertiary/aromatic N) is 3. The summed E-state index contributed by atoms with van der Waals surface area (Å²) < 4.78 is 13.6. The van der Waals surface area contributed by atoms with E-state index >= 15 is 0 Å². The van der Waals surface area contributed by atoms with E-state index in [0.29, 0.717) is 34.5 Å². The average Bonchev–Trinajstić information content (AvgIpc) is 2.73. The fraction of sp³-hybridized carbons (Fsp3) is 0.519. The minimum Gasteiger partial charge on any atom is -0.493 e. The Kier molecular flexibility index (Phi) is 7.07. The van der Waals surface area contributed by atoms with Crippen molar-refractivity contribution in [3.8, 4) is 11.5 Å². The molecule has 0 aliphatic heterocycles. The van der Waals surface area contributed by atoms with Crippen LogP contribution in [0.5, 0.6) is 11.5 Å². The van der Waals surface area contributed by atoms with Crippen LogP contribution in [0, 0.1) is 12.8 Å². The maximum atomic E-state index is 13.1. The summed E-state index contributed by atoms with van der Waals surface area (Å²) in [6, 6.07) is 5.49. The van der Waals surface area contributed by atoms with Gasteiger partial charge in [-0.2, -0.15) is 0 Å². The number of ether oxygens (including phenoxy) is 2. The molecule has 8 nitrogen and oxygen atoms in total. The fourth-order valence-corrected chi connectivity index (χ4v) is 5.31. The van der Waals surface area contributed by atoms with Crippen molar-refractivity contribution in [2.24, 2.45) is 13.0 Å². The van der Waals surface area contributed by atoms with Crippen LogP contribution in [0.2, 0.25) is 0 Å². The maximum Gasteiger partial charge on any atom is 0.408 e. The van der Waals surface area contributed by atoms with Gasteiger partial charge in [0.05, 0.1) is 29.2 Å². The topological polar surface area (TPSA) is 93.9 Å². The molecule has 190 valence electrons. The lowest BCUT2D eigenvalue weighted by atomic mass is 9.86. The summed E-state index contributed by atoms with van der Waals surface area (Å²) >= 11 is 0. The third-order valence-electron chi connectivity index (χ3n) is 6.38. The van der Waals surface area contributed by atoms with Gasteiger partial charge in [0.2, 0.25) is 0 Å². The van der Waals surface area contributed by atoms with E-state index in [9.17, 15) is 14.7 Å². The molecule has 2 aromatic heterocycles. The highest BCUT2D eigenvalue weighted by Gasteiger charge is 2.43. The largest absolute Gasteiger partial charge is 0.493 e. The summed E-state index contributed by atoms with van der Waals surface area (Å²) in [4.78, 5) is 31.2. The van der Waals surface area contributed by atoms with Gasteiger partial charge in [-0.25, -0.2) is 4.79 Å². The summed E-state index contributed by atoms with van der Waals surface area (Å²) in [5, 5.41) is 12.3. The molecule has 35 heavy (non-hydrogen) atoms. The zero-order valence-electron chi connectivity index (χ0n) is 22.2. The summed E-state index contributed by atoms with van der Waals surface area (Å²) in [7, 11) is 3.29. The molecule has 3 aromatic rings. The van der Waals surface area contributed by atoms with Crippen molar-refractivity contribution in [1.29, 1.82) is 0 Å². The number of fused-ring (bicyclic) bond motifs is 3. The minimum absolute atomic E-state index is 0.126. The monoisotopic (exact) mass is 483 g/mol. The number of hydrogen-bond acceptors (Lipinski definition) is 5.